The summed E-state index contributed by atoms with van der Waals surface area (Å²) in [5.41, 5.74) is 1.74. The molecule has 0 radical (unpaired) electrons. The summed E-state index contributed by atoms with van der Waals surface area (Å²) in [7, 11) is 0. The first-order chi connectivity index (χ1) is 14.5. The molecular formula is C22H21N5O3. The van der Waals surface area contributed by atoms with Gasteiger partial charge in [-0.2, -0.15) is 10.3 Å². The molecule has 3 aromatic heterocycles. The van der Waals surface area contributed by atoms with E-state index >= 15 is 0 Å². The molecule has 1 amide bonds. The molecule has 0 aliphatic heterocycles. The fourth-order valence-corrected chi connectivity index (χ4v) is 3.11. The van der Waals surface area contributed by atoms with Crippen molar-refractivity contribution in [2.75, 3.05) is 6.61 Å². The quantitative estimate of drug-likeness (QED) is 0.357. The number of allylic oxidation sites excluding steroid dienone is 2. The zero-order valence-electron chi connectivity index (χ0n) is 16.8. The third-order valence-corrected chi connectivity index (χ3v) is 4.42. The van der Waals surface area contributed by atoms with Gasteiger partial charge in [-0.3, -0.25) is 14.0 Å². The van der Waals surface area contributed by atoms with Gasteiger partial charge in [0.1, 0.15) is 17.4 Å². The molecule has 152 valence electrons. The summed E-state index contributed by atoms with van der Waals surface area (Å²) in [5.74, 6) is -0.557. The monoisotopic (exact) mass is 403 g/mol. The number of nitrogens with zero attached hydrogens (tertiary/aromatic N) is 5. The third-order valence-electron chi connectivity index (χ3n) is 4.42. The predicted octanol–water partition coefficient (Wildman–Crippen LogP) is 2.38. The number of carbonyl (C=O) groups excluding carboxylic acids is 1. The topological polar surface area (TPSA) is 102 Å². The molecule has 8 heteroatoms. The molecule has 0 aliphatic carbocycles. The van der Waals surface area contributed by atoms with Crippen molar-refractivity contribution in [2.45, 2.75) is 26.8 Å². The number of nitriles is 1. The summed E-state index contributed by atoms with van der Waals surface area (Å²) >= 11 is 0. The fraction of sp³-hybridized carbons (Fsp3) is 0.227. The standard InChI is InChI=1S/C22H21N5O3/c1-4-6-11-30-14-18(28)24-20-16(13-23)12-17-21(26(20)9-5-2)25-19-15(3)8-7-10-27(19)22(17)29/h4,6-8,10-12H,1,5,9,14H2,2-3H3/b11-6-,24-20?. The van der Waals surface area contributed by atoms with Gasteiger partial charge in [-0.05, 0) is 37.1 Å². The van der Waals surface area contributed by atoms with Crippen molar-refractivity contribution in [3.05, 3.63) is 76.4 Å². The Morgan fingerprint density at radius 1 is 1.43 bits per heavy atom. The Kier molecular flexibility index (Phi) is 6.23. The number of aromatic nitrogens is 3. The van der Waals surface area contributed by atoms with Crippen LogP contribution in [-0.2, 0) is 16.1 Å². The Labute approximate surface area is 172 Å². The SMILES string of the molecule is C=C/C=C\OCC(=O)N=c1c(C#N)cc2c(=O)n3cccc(C)c3nc2n1CCC. The van der Waals surface area contributed by atoms with E-state index in [1.807, 2.05) is 26.0 Å². The molecule has 0 atom stereocenters. The average Bonchev–Trinajstić information content (AvgIpc) is 2.74. The number of fused-ring (bicyclic) bond motifs is 2. The zero-order valence-corrected chi connectivity index (χ0v) is 16.8. The smallest absolute Gasteiger partial charge is 0.285 e. The molecule has 3 rings (SSSR count). The van der Waals surface area contributed by atoms with E-state index in [0.717, 1.165) is 5.56 Å². The van der Waals surface area contributed by atoms with Gasteiger partial charge >= 0.3 is 0 Å². The Morgan fingerprint density at radius 2 is 2.23 bits per heavy atom. The maximum absolute atomic E-state index is 13.1. The number of aryl methyl sites for hydroxylation is 2. The van der Waals surface area contributed by atoms with Crippen molar-refractivity contribution in [3.63, 3.8) is 0 Å². The minimum atomic E-state index is -0.557. The highest BCUT2D eigenvalue weighted by Crippen LogP contribution is 2.13. The van der Waals surface area contributed by atoms with Crippen LogP contribution in [0.15, 0.2) is 59.2 Å². The lowest BCUT2D eigenvalue weighted by Crippen LogP contribution is -2.30. The lowest BCUT2D eigenvalue weighted by Gasteiger charge is -2.13. The second-order valence-corrected chi connectivity index (χ2v) is 6.56. The molecule has 8 nitrogen and oxygen atoms in total. The molecule has 0 spiro atoms. The summed E-state index contributed by atoms with van der Waals surface area (Å²) in [4.78, 5) is 34.2. The largest absolute Gasteiger partial charge is 0.491 e. The molecule has 0 aromatic carbocycles. The summed E-state index contributed by atoms with van der Waals surface area (Å²) in [6, 6.07) is 7.12. The van der Waals surface area contributed by atoms with Crippen LogP contribution in [0.1, 0.15) is 24.5 Å². The Hall–Kier alpha value is -3.99. The second-order valence-electron chi connectivity index (χ2n) is 6.56. The zero-order chi connectivity index (χ0) is 21.7. The van der Waals surface area contributed by atoms with Gasteiger partial charge in [0, 0.05) is 12.7 Å². The van der Waals surface area contributed by atoms with Crippen molar-refractivity contribution in [3.8, 4) is 6.07 Å². The Balaban J connectivity index is 2.33. The molecule has 3 aromatic rings. The van der Waals surface area contributed by atoms with Crippen molar-refractivity contribution in [1.29, 1.82) is 5.26 Å². The van der Waals surface area contributed by atoms with Gasteiger partial charge in [0.15, 0.2) is 12.1 Å². The van der Waals surface area contributed by atoms with E-state index in [9.17, 15) is 14.9 Å². The second kappa shape index (κ2) is 9.01. The number of carbonyl (C=O) groups is 1. The number of amides is 1. The molecule has 0 aliphatic rings. The first kappa shape index (κ1) is 20.7. The van der Waals surface area contributed by atoms with Gasteiger partial charge in [0.2, 0.25) is 0 Å². The lowest BCUT2D eigenvalue weighted by atomic mass is 10.2. The first-order valence-corrected chi connectivity index (χ1v) is 9.44. The highest BCUT2D eigenvalue weighted by Gasteiger charge is 2.15. The van der Waals surface area contributed by atoms with Crippen LogP contribution in [0.5, 0.6) is 0 Å². The molecular weight excluding hydrogens is 382 g/mol. The van der Waals surface area contributed by atoms with E-state index < -0.39 is 5.91 Å². The third kappa shape index (κ3) is 3.91. The maximum Gasteiger partial charge on any atom is 0.285 e. The maximum atomic E-state index is 13.1. The molecule has 0 saturated carbocycles. The van der Waals surface area contributed by atoms with Crippen molar-refractivity contribution >= 4 is 22.6 Å². The molecule has 3 heterocycles. The van der Waals surface area contributed by atoms with Crippen molar-refractivity contribution < 1.29 is 9.53 Å². The number of rotatable bonds is 6. The van der Waals surface area contributed by atoms with E-state index in [1.165, 1.54) is 22.8 Å². The molecule has 0 bridgehead atoms. The number of hydrogen-bond donors (Lipinski definition) is 0. The Bertz CT molecular complexity index is 1340. The normalized spacial score (nSPS) is 11.8. The minimum absolute atomic E-state index is 0.123. The fourth-order valence-electron chi connectivity index (χ4n) is 3.11. The molecule has 0 saturated heterocycles. The summed E-state index contributed by atoms with van der Waals surface area (Å²) < 4.78 is 8.21. The van der Waals surface area contributed by atoms with E-state index in [0.29, 0.717) is 29.6 Å². The minimum Gasteiger partial charge on any atom is -0.491 e. The Morgan fingerprint density at radius 3 is 2.93 bits per heavy atom. The molecule has 30 heavy (non-hydrogen) atoms. The van der Waals surface area contributed by atoms with Gasteiger partial charge in [-0.15, -0.1) is 0 Å². The van der Waals surface area contributed by atoms with Crippen molar-refractivity contribution in [2.24, 2.45) is 4.99 Å². The van der Waals surface area contributed by atoms with Crippen LogP contribution in [0.4, 0.5) is 0 Å². The van der Waals surface area contributed by atoms with Crippen LogP contribution >= 0.6 is 0 Å². The molecule has 0 N–H and O–H groups in total. The lowest BCUT2D eigenvalue weighted by molar-refractivity contribution is -0.120. The highest BCUT2D eigenvalue weighted by atomic mass is 16.5. The van der Waals surface area contributed by atoms with Gasteiger partial charge in [-0.25, -0.2) is 4.98 Å². The van der Waals surface area contributed by atoms with E-state index in [4.69, 9.17) is 4.74 Å². The van der Waals surface area contributed by atoms with Crippen LogP contribution in [0, 0.1) is 18.3 Å². The van der Waals surface area contributed by atoms with Crippen molar-refractivity contribution in [1.82, 2.24) is 14.0 Å². The van der Waals surface area contributed by atoms with Crippen LogP contribution in [0.25, 0.3) is 16.7 Å². The predicted molar refractivity (Wildman–Crippen MR) is 113 cm³/mol. The van der Waals surface area contributed by atoms with Gasteiger partial charge in [0.25, 0.3) is 11.5 Å². The van der Waals surface area contributed by atoms with E-state index in [-0.39, 0.29) is 23.2 Å². The average molecular weight is 403 g/mol. The molecule has 0 unspecified atom stereocenters. The molecule has 0 fully saturated rings. The van der Waals surface area contributed by atoms with Crippen LogP contribution < -0.4 is 11.0 Å². The van der Waals surface area contributed by atoms with Gasteiger partial charge in [0.05, 0.1) is 17.2 Å². The summed E-state index contributed by atoms with van der Waals surface area (Å²) in [6.07, 6.45) is 6.74. The van der Waals surface area contributed by atoms with Gasteiger partial charge in [-0.1, -0.05) is 25.6 Å². The number of hydrogen-bond acceptors (Lipinski definition) is 5. The number of pyridine rings is 2. The first-order valence-electron chi connectivity index (χ1n) is 9.44. The number of ether oxygens (including phenoxy) is 1. The van der Waals surface area contributed by atoms with Gasteiger partial charge < -0.3 is 9.30 Å². The van der Waals surface area contributed by atoms with Crippen LogP contribution in [0.3, 0.4) is 0 Å². The van der Waals surface area contributed by atoms with E-state index in [1.54, 1.807) is 22.9 Å². The summed E-state index contributed by atoms with van der Waals surface area (Å²) in [6.45, 7) is 7.48. The highest BCUT2D eigenvalue weighted by molar-refractivity contribution is 5.80. The summed E-state index contributed by atoms with van der Waals surface area (Å²) in [5, 5.41) is 9.95. The van der Waals surface area contributed by atoms with Crippen LogP contribution in [-0.4, -0.2) is 26.5 Å². The van der Waals surface area contributed by atoms with E-state index in [2.05, 4.69) is 16.6 Å². The van der Waals surface area contributed by atoms with Crippen LogP contribution in [0.2, 0.25) is 0 Å².